The van der Waals surface area contributed by atoms with Gasteiger partial charge in [-0.25, -0.2) is 0 Å². The zero-order valence-electron chi connectivity index (χ0n) is 7.60. The Balaban J connectivity index is 3.52. The molecule has 5 nitrogen and oxygen atoms in total. The van der Waals surface area contributed by atoms with Gasteiger partial charge in [-0.15, -0.1) is 0 Å². The second-order valence-electron chi connectivity index (χ2n) is 2.84. The summed E-state index contributed by atoms with van der Waals surface area (Å²) in [5, 5.41) is 0.171. The summed E-state index contributed by atoms with van der Waals surface area (Å²) in [4.78, 5) is 4.79. The molecular weight excluding hydrogens is 228 g/mol. The van der Waals surface area contributed by atoms with Gasteiger partial charge in [0.2, 0.25) is 0 Å². The molecule has 1 aromatic rings. The lowest BCUT2D eigenvalue weighted by Crippen LogP contribution is -2.14. The van der Waals surface area contributed by atoms with Crippen LogP contribution < -0.4 is 4.90 Å². The van der Waals surface area contributed by atoms with Crippen LogP contribution in [0.25, 0.3) is 0 Å². The third kappa shape index (κ3) is 2.14. The molecule has 1 N–H and O–H groups in total. The molecule has 0 amide bonds. The second-order valence-corrected chi connectivity index (χ2v) is 4.63. The van der Waals surface area contributed by atoms with Crippen LogP contribution in [0.4, 0.5) is 5.69 Å². The molecule has 1 rings (SSSR count). The standard InChI is InChI=1S/C7H9ClN2O3S/c1-10(2)7-5(8)3-9-4-6(7)14(11,12)13/h3-4H,1-2H3,(H,11,12,13). The summed E-state index contributed by atoms with van der Waals surface area (Å²) >= 11 is 5.75. The maximum atomic E-state index is 10.9. The van der Waals surface area contributed by atoms with Gasteiger partial charge in [0, 0.05) is 20.3 Å². The normalized spacial score (nSPS) is 11.4. The lowest BCUT2D eigenvalue weighted by molar-refractivity contribution is 0.483. The number of pyridine rings is 1. The molecule has 1 aromatic heterocycles. The topological polar surface area (TPSA) is 70.5 Å². The van der Waals surface area contributed by atoms with Crippen LogP contribution in [0.1, 0.15) is 0 Å². The number of halogens is 1. The first-order valence-corrected chi connectivity index (χ1v) is 5.44. The third-order valence-electron chi connectivity index (χ3n) is 1.56. The largest absolute Gasteiger partial charge is 0.375 e. The van der Waals surface area contributed by atoms with E-state index in [0.717, 1.165) is 6.20 Å². The Kier molecular flexibility index (Phi) is 2.98. The summed E-state index contributed by atoms with van der Waals surface area (Å²) in [5.74, 6) is 0. The fraction of sp³-hybridized carbons (Fsp3) is 0.286. The van der Waals surface area contributed by atoms with Crippen molar-refractivity contribution in [2.75, 3.05) is 19.0 Å². The summed E-state index contributed by atoms with van der Waals surface area (Å²) in [6.07, 6.45) is 2.36. The minimum atomic E-state index is -4.29. The highest BCUT2D eigenvalue weighted by Gasteiger charge is 2.19. The molecule has 14 heavy (non-hydrogen) atoms. The smallest absolute Gasteiger partial charge is 0.298 e. The van der Waals surface area contributed by atoms with Gasteiger partial charge in [-0.05, 0) is 0 Å². The van der Waals surface area contributed by atoms with Gasteiger partial charge in [-0.3, -0.25) is 9.54 Å². The zero-order valence-corrected chi connectivity index (χ0v) is 9.17. The number of hydrogen-bond acceptors (Lipinski definition) is 4. The summed E-state index contributed by atoms with van der Waals surface area (Å²) in [7, 11) is -1.05. The molecule has 0 aliphatic heterocycles. The van der Waals surface area contributed by atoms with E-state index in [0.29, 0.717) is 0 Å². The minimum Gasteiger partial charge on any atom is -0.375 e. The Morgan fingerprint density at radius 1 is 1.43 bits per heavy atom. The van der Waals surface area contributed by atoms with Crippen molar-refractivity contribution in [3.05, 3.63) is 17.4 Å². The third-order valence-corrected chi connectivity index (χ3v) is 2.70. The monoisotopic (exact) mass is 236 g/mol. The predicted molar refractivity (Wildman–Crippen MR) is 53.4 cm³/mol. The van der Waals surface area contributed by atoms with Crippen LogP contribution in [0.5, 0.6) is 0 Å². The van der Waals surface area contributed by atoms with Crippen molar-refractivity contribution in [2.45, 2.75) is 4.90 Å². The van der Waals surface area contributed by atoms with Gasteiger partial charge in [0.15, 0.2) is 0 Å². The summed E-state index contributed by atoms with van der Waals surface area (Å²) in [5.41, 5.74) is 0.226. The fourth-order valence-electron chi connectivity index (χ4n) is 1.03. The van der Waals surface area contributed by atoms with E-state index in [1.165, 1.54) is 11.1 Å². The molecule has 0 radical (unpaired) electrons. The van der Waals surface area contributed by atoms with Crippen molar-refractivity contribution in [2.24, 2.45) is 0 Å². The van der Waals surface area contributed by atoms with Crippen molar-refractivity contribution in [1.29, 1.82) is 0 Å². The molecule has 0 bridgehead atoms. The molecule has 0 spiro atoms. The first-order chi connectivity index (χ1) is 6.34. The van der Waals surface area contributed by atoms with Gasteiger partial charge in [0.05, 0.1) is 16.9 Å². The van der Waals surface area contributed by atoms with Crippen LogP contribution in [0.3, 0.4) is 0 Å². The zero-order chi connectivity index (χ0) is 10.9. The van der Waals surface area contributed by atoms with Gasteiger partial charge in [0.1, 0.15) is 4.90 Å². The maximum Gasteiger partial charge on any atom is 0.298 e. The van der Waals surface area contributed by atoms with Gasteiger partial charge in [-0.1, -0.05) is 11.6 Å². The number of nitrogens with zero attached hydrogens (tertiary/aromatic N) is 2. The van der Waals surface area contributed by atoms with E-state index in [2.05, 4.69) is 4.98 Å². The van der Waals surface area contributed by atoms with Crippen LogP contribution in [-0.2, 0) is 10.1 Å². The Labute approximate surface area is 87.1 Å². The van der Waals surface area contributed by atoms with Crippen LogP contribution >= 0.6 is 11.6 Å². The van der Waals surface area contributed by atoms with Crippen molar-refractivity contribution in [3.8, 4) is 0 Å². The summed E-state index contributed by atoms with van der Waals surface area (Å²) in [6.45, 7) is 0. The van der Waals surface area contributed by atoms with Crippen LogP contribution in [-0.4, -0.2) is 32.0 Å². The van der Waals surface area contributed by atoms with E-state index in [9.17, 15) is 8.42 Å². The van der Waals surface area contributed by atoms with E-state index >= 15 is 0 Å². The lowest BCUT2D eigenvalue weighted by atomic mass is 10.4. The van der Waals surface area contributed by atoms with Gasteiger partial charge in [0.25, 0.3) is 10.1 Å². The van der Waals surface area contributed by atoms with Crippen LogP contribution in [0, 0.1) is 0 Å². The molecule has 7 heteroatoms. The van der Waals surface area contributed by atoms with E-state index in [-0.39, 0.29) is 15.6 Å². The molecular formula is C7H9ClN2O3S. The van der Waals surface area contributed by atoms with Gasteiger partial charge < -0.3 is 4.90 Å². The van der Waals surface area contributed by atoms with Crippen molar-refractivity contribution >= 4 is 27.4 Å². The first-order valence-electron chi connectivity index (χ1n) is 3.62. The second kappa shape index (κ2) is 3.72. The molecule has 0 aliphatic rings. The quantitative estimate of drug-likeness (QED) is 0.778. The Morgan fingerprint density at radius 2 is 2.00 bits per heavy atom. The molecule has 78 valence electrons. The Hall–Kier alpha value is -0.850. The van der Waals surface area contributed by atoms with E-state index < -0.39 is 10.1 Å². The number of rotatable bonds is 2. The number of aromatic nitrogens is 1. The Morgan fingerprint density at radius 3 is 2.36 bits per heavy atom. The van der Waals surface area contributed by atoms with Crippen LogP contribution in [0.15, 0.2) is 17.3 Å². The SMILES string of the molecule is CN(C)c1c(Cl)cncc1S(=O)(=O)O. The molecule has 0 saturated carbocycles. The molecule has 0 saturated heterocycles. The highest BCUT2D eigenvalue weighted by Crippen LogP contribution is 2.30. The van der Waals surface area contributed by atoms with E-state index in [4.69, 9.17) is 16.2 Å². The average molecular weight is 237 g/mol. The fourth-order valence-corrected chi connectivity index (χ4v) is 2.15. The van der Waals surface area contributed by atoms with Crippen molar-refractivity contribution in [1.82, 2.24) is 4.98 Å². The highest BCUT2D eigenvalue weighted by atomic mass is 35.5. The molecule has 0 aliphatic carbocycles. The van der Waals surface area contributed by atoms with E-state index in [1.807, 2.05) is 0 Å². The summed E-state index contributed by atoms with van der Waals surface area (Å²) < 4.78 is 30.8. The number of anilines is 1. The first kappa shape index (κ1) is 11.2. The van der Waals surface area contributed by atoms with Crippen molar-refractivity contribution < 1.29 is 13.0 Å². The maximum absolute atomic E-state index is 10.9. The summed E-state index contributed by atoms with van der Waals surface area (Å²) in [6, 6.07) is 0. The predicted octanol–water partition coefficient (Wildman–Crippen LogP) is 1.05. The lowest BCUT2D eigenvalue weighted by Gasteiger charge is -2.16. The molecule has 1 heterocycles. The molecule has 0 atom stereocenters. The number of hydrogen-bond donors (Lipinski definition) is 1. The molecule has 0 unspecified atom stereocenters. The van der Waals surface area contributed by atoms with Crippen molar-refractivity contribution in [3.63, 3.8) is 0 Å². The minimum absolute atomic E-state index is 0.171. The Bertz CT molecular complexity index is 444. The highest BCUT2D eigenvalue weighted by molar-refractivity contribution is 7.86. The molecule has 0 fully saturated rings. The van der Waals surface area contributed by atoms with E-state index in [1.54, 1.807) is 14.1 Å². The molecule has 0 aromatic carbocycles. The van der Waals surface area contributed by atoms with Gasteiger partial charge >= 0.3 is 0 Å². The average Bonchev–Trinajstić information content (AvgIpc) is 2.01. The van der Waals surface area contributed by atoms with Crippen LogP contribution in [0.2, 0.25) is 5.02 Å². The van der Waals surface area contributed by atoms with Gasteiger partial charge in [-0.2, -0.15) is 8.42 Å².